The van der Waals surface area contributed by atoms with E-state index in [1.54, 1.807) is 18.2 Å². The van der Waals surface area contributed by atoms with Crippen LogP contribution >= 0.6 is 0 Å². The summed E-state index contributed by atoms with van der Waals surface area (Å²) in [6.45, 7) is 7.19. The van der Waals surface area contributed by atoms with Crippen LogP contribution in [0.2, 0.25) is 0 Å². The van der Waals surface area contributed by atoms with E-state index in [-0.39, 0.29) is 41.8 Å². The van der Waals surface area contributed by atoms with E-state index in [4.69, 9.17) is 14.2 Å². The van der Waals surface area contributed by atoms with Gasteiger partial charge in [-0.3, -0.25) is 4.79 Å². The summed E-state index contributed by atoms with van der Waals surface area (Å²) in [4.78, 5) is 27.0. The van der Waals surface area contributed by atoms with Crippen molar-refractivity contribution in [2.45, 2.75) is 46.1 Å². The quantitative estimate of drug-likeness (QED) is 0.430. The molecule has 2 atom stereocenters. The maximum absolute atomic E-state index is 12.8. The van der Waals surface area contributed by atoms with Crippen LogP contribution in [-0.2, 0) is 14.3 Å². The number of benzene rings is 1. The largest absolute Gasteiger partial charge is 0.454 e. The van der Waals surface area contributed by atoms with Crippen molar-refractivity contribution in [3.05, 3.63) is 29.3 Å². The third kappa shape index (κ3) is 4.00. The number of nitriles is 1. The number of rotatable bonds is 4. The molecule has 2 unspecified atom stereocenters. The highest BCUT2D eigenvalue weighted by Gasteiger charge is 2.50. The van der Waals surface area contributed by atoms with Crippen molar-refractivity contribution in [1.82, 2.24) is 4.90 Å². The van der Waals surface area contributed by atoms with Gasteiger partial charge < -0.3 is 19.1 Å². The fraction of sp³-hybridized carbons (Fsp3) is 0.522. The summed E-state index contributed by atoms with van der Waals surface area (Å²) in [6, 6.07) is 7.16. The van der Waals surface area contributed by atoms with E-state index in [1.807, 2.05) is 11.0 Å². The number of amides is 1. The molecule has 1 saturated carbocycles. The highest BCUT2D eigenvalue weighted by Crippen LogP contribution is 2.52. The highest BCUT2D eigenvalue weighted by molar-refractivity contribution is 5.99. The molecule has 7 nitrogen and oxygen atoms in total. The average Bonchev–Trinajstić information content (AvgIpc) is 3.23. The smallest absolute Gasteiger partial charge is 0.349 e. The molecule has 30 heavy (non-hydrogen) atoms. The molecular formula is C23H26N2O5. The van der Waals surface area contributed by atoms with Gasteiger partial charge in [0.2, 0.25) is 6.79 Å². The molecule has 1 saturated heterocycles. The minimum absolute atomic E-state index is 0.114. The molecule has 158 valence electrons. The molecule has 1 amide bonds. The van der Waals surface area contributed by atoms with Crippen molar-refractivity contribution in [2.24, 2.45) is 10.8 Å². The molecule has 0 N–H and O–H groups in total. The molecule has 0 radical (unpaired) electrons. The van der Waals surface area contributed by atoms with Gasteiger partial charge in [0.15, 0.2) is 18.1 Å². The van der Waals surface area contributed by atoms with Crippen molar-refractivity contribution < 1.29 is 23.8 Å². The normalized spacial score (nSPS) is 26.3. The number of carbonyl (C=O) groups excluding carboxylic acids is 2. The Morgan fingerprint density at radius 3 is 2.80 bits per heavy atom. The Kier molecular flexibility index (Phi) is 4.97. The van der Waals surface area contributed by atoms with Gasteiger partial charge in [0.25, 0.3) is 5.91 Å². The minimum atomic E-state index is -0.808. The number of fused-ring (bicyclic) bond motifs is 3. The van der Waals surface area contributed by atoms with Crippen LogP contribution in [0.5, 0.6) is 11.5 Å². The molecule has 2 fully saturated rings. The number of esters is 1. The third-order valence-electron chi connectivity index (χ3n) is 6.11. The first-order chi connectivity index (χ1) is 14.2. The number of nitrogens with zero attached hydrogens (tertiary/aromatic N) is 2. The average molecular weight is 410 g/mol. The van der Waals surface area contributed by atoms with Gasteiger partial charge in [-0.2, -0.15) is 5.26 Å². The fourth-order valence-electron chi connectivity index (χ4n) is 5.35. The molecule has 1 aromatic carbocycles. The lowest BCUT2D eigenvalue weighted by Crippen LogP contribution is -2.39. The zero-order valence-electron chi connectivity index (χ0n) is 17.6. The van der Waals surface area contributed by atoms with Crippen molar-refractivity contribution in [3.8, 4) is 17.6 Å². The van der Waals surface area contributed by atoms with Crippen molar-refractivity contribution in [1.29, 1.82) is 5.26 Å². The van der Waals surface area contributed by atoms with Crippen LogP contribution in [0.3, 0.4) is 0 Å². The summed E-state index contributed by atoms with van der Waals surface area (Å²) in [5.41, 5.74) is 0.755. The van der Waals surface area contributed by atoms with Crippen LogP contribution < -0.4 is 9.47 Å². The van der Waals surface area contributed by atoms with Gasteiger partial charge in [-0.1, -0.05) is 26.8 Å². The van der Waals surface area contributed by atoms with E-state index in [0.717, 1.165) is 19.3 Å². The maximum Gasteiger partial charge on any atom is 0.349 e. The molecular weight excluding hydrogens is 384 g/mol. The lowest BCUT2D eigenvalue weighted by Gasteiger charge is -2.39. The van der Waals surface area contributed by atoms with Gasteiger partial charge in [-0.25, -0.2) is 4.79 Å². The van der Waals surface area contributed by atoms with E-state index < -0.39 is 5.97 Å². The lowest BCUT2D eigenvalue weighted by atomic mass is 9.65. The zero-order chi connectivity index (χ0) is 21.5. The molecule has 4 rings (SSSR count). The molecule has 0 spiro atoms. The number of carbonyl (C=O) groups is 2. The van der Waals surface area contributed by atoms with Gasteiger partial charge in [-0.15, -0.1) is 0 Å². The number of hydrogen-bond donors (Lipinski definition) is 0. The van der Waals surface area contributed by atoms with E-state index in [0.29, 0.717) is 23.6 Å². The second-order valence-corrected chi connectivity index (χ2v) is 9.59. The molecule has 2 aliphatic heterocycles. The standard InChI is InChI=1S/C23H26N2O5/c1-22(2)8-17-9-23(3,12-22)13-25(17)20(26)11-28-21(27)16(10-24)6-15-4-5-18-19(7-15)30-14-29-18/h4-7,17H,8-9,11-14H2,1-3H3. The number of hydrogen-bond acceptors (Lipinski definition) is 6. The summed E-state index contributed by atoms with van der Waals surface area (Å²) < 4.78 is 15.8. The molecule has 3 aliphatic rings. The van der Waals surface area contributed by atoms with E-state index >= 15 is 0 Å². The van der Waals surface area contributed by atoms with Crippen LogP contribution in [0.15, 0.2) is 23.8 Å². The Bertz CT molecular complexity index is 961. The molecule has 7 heteroatoms. The summed E-state index contributed by atoms with van der Waals surface area (Å²) in [6.07, 6.45) is 4.44. The first kappa shape index (κ1) is 20.3. The van der Waals surface area contributed by atoms with Gasteiger partial charge in [0.05, 0.1) is 0 Å². The Labute approximate surface area is 176 Å². The maximum atomic E-state index is 12.8. The van der Waals surface area contributed by atoms with E-state index in [9.17, 15) is 14.9 Å². The summed E-state index contributed by atoms with van der Waals surface area (Å²) >= 11 is 0. The van der Waals surface area contributed by atoms with Gasteiger partial charge >= 0.3 is 5.97 Å². The second kappa shape index (κ2) is 7.35. The minimum Gasteiger partial charge on any atom is -0.454 e. The summed E-state index contributed by atoms with van der Waals surface area (Å²) in [7, 11) is 0. The zero-order valence-corrected chi connectivity index (χ0v) is 17.6. The monoisotopic (exact) mass is 410 g/mol. The highest BCUT2D eigenvalue weighted by atomic mass is 16.7. The van der Waals surface area contributed by atoms with Crippen LogP contribution in [0.25, 0.3) is 6.08 Å². The van der Waals surface area contributed by atoms with Crippen LogP contribution in [-0.4, -0.2) is 42.8 Å². The van der Waals surface area contributed by atoms with Gasteiger partial charge in [-0.05, 0) is 53.9 Å². The molecule has 2 bridgehead atoms. The fourth-order valence-corrected chi connectivity index (χ4v) is 5.35. The number of ether oxygens (including phenoxy) is 3. The summed E-state index contributed by atoms with van der Waals surface area (Å²) in [5.74, 6) is 0.167. The Hall–Kier alpha value is -3.01. The third-order valence-corrected chi connectivity index (χ3v) is 6.11. The Balaban J connectivity index is 1.39. The SMILES string of the molecule is CC1(C)CC2CC(C)(CN2C(=O)COC(=O)C(C#N)=Cc2ccc3c(c2)OCO3)C1. The second-order valence-electron chi connectivity index (χ2n) is 9.59. The molecule has 2 heterocycles. The van der Waals surface area contributed by atoms with Crippen molar-refractivity contribution in [3.63, 3.8) is 0 Å². The predicted octanol–water partition coefficient (Wildman–Crippen LogP) is 3.29. The van der Waals surface area contributed by atoms with E-state index in [2.05, 4.69) is 20.8 Å². The predicted molar refractivity (Wildman–Crippen MR) is 108 cm³/mol. The van der Waals surface area contributed by atoms with Crippen molar-refractivity contribution >= 4 is 18.0 Å². The lowest BCUT2D eigenvalue weighted by molar-refractivity contribution is -0.149. The summed E-state index contributed by atoms with van der Waals surface area (Å²) in [5, 5.41) is 9.37. The topological polar surface area (TPSA) is 88.9 Å². The van der Waals surface area contributed by atoms with Crippen LogP contribution in [0.4, 0.5) is 0 Å². The van der Waals surface area contributed by atoms with Crippen LogP contribution in [0.1, 0.15) is 45.6 Å². The molecule has 1 aliphatic carbocycles. The van der Waals surface area contributed by atoms with Crippen LogP contribution in [0, 0.1) is 22.2 Å². The molecule has 1 aromatic rings. The molecule has 0 aromatic heterocycles. The number of likely N-dealkylation sites (tertiary alicyclic amines) is 1. The van der Waals surface area contributed by atoms with E-state index in [1.165, 1.54) is 6.08 Å². The van der Waals surface area contributed by atoms with Crippen molar-refractivity contribution in [2.75, 3.05) is 19.9 Å². The first-order valence-electron chi connectivity index (χ1n) is 10.2. The first-order valence-corrected chi connectivity index (χ1v) is 10.2. The van der Waals surface area contributed by atoms with Gasteiger partial charge in [0.1, 0.15) is 11.6 Å². The van der Waals surface area contributed by atoms with Gasteiger partial charge in [0, 0.05) is 12.6 Å². The Morgan fingerprint density at radius 2 is 2.03 bits per heavy atom. The Morgan fingerprint density at radius 1 is 1.27 bits per heavy atom.